The van der Waals surface area contributed by atoms with E-state index >= 15 is 0 Å². The van der Waals surface area contributed by atoms with Crippen LogP contribution in [0, 0.1) is 11.3 Å². The average Bonchev–Trinajstić information content (AvgIpc) is 2.16. The number of hydrogen-bond donors (Lipinski definition) is 2. The van der Waals surface area contributed by atoms with Crippen LogP contribution in [0.4, 0.5) is 4.79 Å². The molecule has 0 aromatic rings. The number of rotatable bonds is 0. The number of nitrogens with one attached hydrogen (secondary N) is 2. The maximum absolute atomic E-state index is 11.8. The number of hydrogen-bond acceptors (Lipinski definition) is 3. The smallest absolute Gasteiger partial charge is 0.277 e. The zero-order valence-corrected chi connectivity index (χ0v) is 8.37. The van der Waals surface area contributed by atoms with Gasteiger partial charge in [0.2, 0.25) is 11.8 Å². The molecule has 0 aromatic heterocycles. The van der Waals surface area contributed by atoms with Gasteiger partial charge >= 0.3 is 6.03 Å². The molecule has 1 fully saturated rings. The summed E-state index contributed by atoms with van der Waals surface area (Å²) >= 11 is 0. The van der Waals surface area contributed by atoms with Crippen molar-refractivity contribution in [2.75, 3.05) is 0 Å². The second-order valence-corrected chi connectivity index (χ2v) is 4.02. The van der Waals surface area contributed by atoms with E-state index in [1.165, 1.54) is 0 Å². The third kappa shape index (κ3) is 1.26. The summed E-state index contributed by atoms with van der Waals surface area (Å²) in [5, 5.41) is 4.31. The van der Waals surface area contributed by atoms with Crippen molar-refractivity contribution in [2.45, 2.75) is 19.8 Å². The molecule has 1 aliphatic heterocycles. The molecule has 2 aliphatic rings. The highest BCUT2D eigenvalue weighted by Gasteiger charge is 2.53. The van der Waals surface area contributed by atoms with Crippen LogP contribution in [-0.4, -0.2) is 17.8 Å². The van der Waals surface area contributed by atoms with Gasteiger partial charge in [0.25, 0.3) is 0 Å². The molecular weight excluding hydrogens is 196 g/mol. The van der Waals surface area contributed by atoms with Gasteiger partial charge < -0.3 is 0 Å². The van der Waals surface area contributed by atoms with E-state index in [0.29, 0.717) is 12.8 Å². The summed E-state index contributed by atoms with van der Waals surface area (Å²) in [7, 11) is 0. The summed E-state index contributed by atoms with van der Waals surface area (Å²) in [6.07, 6.45) is 4.80. The Morgan fingerprint density at radius 3 is 2.33 bits per heavy atom. The zero-order valence-electron chi connectivity index (χ0n) is 8.37. The van der Waals surface area contributed by atoms with Crippen molar-refractivity contribution in [1.29, 1.82) is 0 Å². The molecule has 80 valence electrons. The van der Waals surface area contributed by atoms with Gasteiger partial charge in [0.15, 0.2) is 0 Å². The summed E-state index contributed by atoms with van der Waals surface area (Å²) in [5.41, 5.74) is -1.09. The summed E-state index contributed by atoms with van der Waals surface area (Å²) in [6, 6.07) is -0.725. The standard InChI is InChI=1S/C10H12N2O3/c1-6-4-2-3-5-10(6)7(13)11-9(15)12-8(10)14/h2-3,6H,4-5H2,1H3,(H2,11,12,13,14,15)/t6-/m1/s1. The van der Waals surface area contributed by atoms with Crippen molar-refractivity contribution in [3.05, 3.63) is 12.2 Å². The minimum atomic E-state index is -1.09. The Labute approximate surface area is 86.9 Å². The van der Waals surface area contributed by atoms with Crippen LogP contribution in [0.2, 0.25) is 0 Å². The van der Waals surface area contributed by atoms with Gasteiger partial charge in [-0.05, 0) is 18.8 Å². The Bertz CT molecular complexity index is 353. The lowest BCUT2D eigenvalue weighted by atomic mass is 9.67. The van der Waals surface area contributed by atoms with Crippen molar-refractivity contribution in [3.63, 3.8) is 0 Å². The molecule has 4 amide bonds. The molecule has 1 atom stereocenters. The molecule has 0 bridgehead atoms. The highest BCUT2D eigenvalue weighted by molar-refractivity contribution is 6.19. The lowest BCUT2D eigenvalue weighted by molar-refractivity contribution is -0.148. The van der Waals surface area contributed by atoms with Crippen LogP contribution < -0.4 is 10.6 Å². The second-order valence-electron chi connectivity index (χ2n) is 4.02. The summed E-state index contributed by atoms with van der Waals surface area (Å²) in [5.74, 6) is -1.04. The second kappa shape index (κ2) is 3.18. The number of imide groups is 2. The normalized spacial score (nSPS) is 28.9. The third-order valence-corrected chi connectivity index (χ3v) is 3.20. The fourth-order valence-electron chi connectivity index (χ4n) is 2.17. The molecule has 0 radical (unpaired) electrons. The van der Waals surface area contributed by atoms with Crippen molar-refractivity contribution in [1.82, 2.24) is 10.6 Å². The van der Waals surface area contributed by atoms with E-state index in [9.17, 15) is 14.4 Å². The number of carbonyl (C=O) groups is 3. The largest absolute Gasteiger partial charge is 0.328 e. The first-order valence-electron chi connectivity index (χ1n) is 4.89. The van der Waals surface area contributed by atoms with Gasteiger partial charge in [-0.1, -0.05) is 19.1 Å². The van der Waals surface area contributed by atoms with E-state index in [2.05, 4.69) is 10.6 Å². The topological polar surface area (TPSA) is 75.3 Å². The van der Waals surface area contributed by atoms with Crippen LogP contribution in [0.15, 0.2) is 12.2 Å². The van der Waals surface area contributed by atoms with Crippen LogP contribution in [0.25, 0.3) is 0 Å². The lowest BCUT2D eigenvalue weighted by Gasteiger charge is -2.39. The summed E-state index contributed by atoms with van der Waals surface area (Å²) in [6.45, 7) is 1.85. The highest BCUT2D eigenvalue weighted by Crippen LogP contribution is 2.39. The molecule has 15 heavy (non-hydrogen) atoms. The molecule has 0 unspecified atom stereocenters. The van der Waals surface area contributed by atoms with E-state index in [-0.39, 0.29) is 5.92 Å². The van der Waals surface area contributed by atoms with Gasteiger partial charge in [-0.2, -0.15) is 0 Å². The van der Waals surface area contributed by atoms with E-state index in [1.54, 1.807) is 0 Å². The molecular formula is C10H12N2O3. The van der Waals surface area contributed by atoms with E-state index in [4.69, 9.17) is 0 Å². The lowest BCUT2D eigenvalue weighted by Crippen LogP contribution is -2.64. The first kappa shape index (κ1) is 9.89. The average molecular weight is 208 g/mol. The zero-order chi connectivity index (χ0) is 11.1. The summed E-state index contributed by atoms with van der Waals surface area (Å²) < 4.78 is 0. The first-order valence-corrected chi connectivity index (χ1v) is 4.89. The molecule has 0 aromatic carbocycles. The van der Waals surface area contributed by atoms with Gasteiger partial charge in [0, 0.05) is 0 Å². The van der Waals surface area contributed by atoms with Gasteiger partial charge in [0.1, 0.15) is 5.41 Å². The van der Waals surface area contributed by atoms with Crippen molar-refractivity contribution in [2.24, 2.45) is 11.3 Å². The van der Waals surface area contributed by atoms with Gasteiger partial charge in [-0.15, -0.1) is 0 Å². The predicted octanol–water partition coefficient (Wildman–Crippen LogP) is 0.325. The van der Waals surface area contributed by atoms with Gasteiger partial charge in [-0.25, -0.2) is 4.79 Å². The predicted molar refractivity (Wildman–Crippen MR) is 51.7 cm³/mol. The number of carbonyl (C=O) groups excluding carboxylic acids is 3. The van der Waals surface area contributed by atoms with E-state index < -0.39 is 23.3 Å². The molecule has 1 aliphatic carbocycles. The molecule has 1 saturated heterocycles. The molecule has 1 heterocycles. The minimum Gasteiger partial charge on any atom is -0.277 e. The number of barbiturate groups is 1. The Morgan fingerprint density at radius 2 is 1.80 bits per heavy atom. The third-order valence-electron chi connectivity index (χ3n) is 3.20. The molecule has 5 nitrogen and oxygen atoms in total. The first-order chi connectivity index (χ1) is 7.07. The molecule has 2 N–H and O–H groups in total. The van der Waals surface area contributed by atoms with E-state index in [1.807, 2.05) is 19.1 Å². The minimum absolute atomic E-state index is 0.0874. The van der Waals surface area contributed by atoms with Gasteiger partial charge in [0.05, 0.1) is 0 Å². The fourth-order valence-corrected chi connectivity index (χ4v) is 2.17. The van der Waals surface area contributed by atoms with Gasteiger partial charge in [-0.3, -0.25) is 20.2 Å². The Morgan fingerprint density at radius 1 is 1.20 bits per heavy atom. The van der Waals surface area contributed by atoms with Crippen LogP contribution in [0.3, 0.4) is 0 Å². The Hall–Kier alpha value is -1.65. The number of amides is 4. The molecule has 1 spiro atoms. The van der Waals surface area contributed by atoms with Crippen LogP contribution in [-0.2, 0) is 9.59 Å². The number of allylic oxidation sites excluding steroid dienone is 2. The maximum atomic E-state index is 11.8. The van der Waals surface area contributed by atoms with Crippen molar-refractivity contribution >= 4 is 17.8 Å². The quantitative estimate of drug-likeness (QED) is 0.445. The van der Waals surface area contributed by atoms with Crippen LogP contribution in [0.5, 0.6) is 0 Å². The molecule has 5 heteroatoms. The van der Waals surface area contributed by atoms with Crippen LogP contribution in [0.1, 0.15) is 19.8 Å². The van der Waals surface area contributed by atoms with Crippen molar-refractivity contribution < 1.29 is 14.4 Å². The van der Waals surface area contributed by atoms with Crippen LogP contribution >= 0.6 is 0 Å². The number of urea groups is 1. The van der Waals surface area contributed by atoms with E-state index in [0.717, 1.165) is 0 Å². The Balaban J connectivity index is 2.40. The highest BCUT2D eigenvalue weighted by atomic mass is 16.2. The summed E-state index contributed by atoms with van der Waals surface area (Å²) in [4.78, 5) is 34.5. The maximum Gasteiger partial charge on any atom is 0.328 e. The monoisotopic (exact) mass is 208 g/mol. The Kier molecular flexibility index (Phi) is 2.10. The fraction of sp³-hybridized carbons (Fsp3) is 0.500. The SMILES string of the molecule is C[C@@H]1CC=CCC12C(=O)NC(=O)NC2=O. The van der Waals surface area contributed by atoms with Crippen molar-refractivity contribution in [3.8, 4) is 0 Å². The molecule has 2 rings (SSSR count). The molecule has 0 saturated carbocycles.